The second kappa shape index (κ2) is 10.8. The molecule has 0 fully saturated rings. The highest BCUT2D eigenvalue weighted by molar-refractivity contribution is 6.36. The van der Waals surface area contributed by atoms with E-state index in [9.17, 15) is 9.59 Å². The molecule has 0 bridgehead atoms. The molecule has 2 aromatic rings. The number of halogens is 2. The molecule has 8 heteroatoms. The molecule has 1 amide bonds. The second-order valence-electron chi connectivity index (χ2n) is 6.11. The number of amides is 1. The lowest BCUT2D eigenvalue weighted by Gasteiger charge is -2.17. The zero-order chi connectivity index (χ0) is 21.4. The fraction of sp³-hybridized carbons (Fsp3) is 0.286. The molecular formula is C21H22Cl2N2O4. The first-order valence-corrected chi connectivity index (χ1v) is 9.71. The summed E-state index contributed by atoms with van der Waals surface area (Å²) in [6.45, 7) is 3.67. The minimum Gasteiger partial charge on any atom is -0.487 e. The van der Waals surface area contributed by atoms with E-state index < -0.39 is 5.97 Å². The number of likely N-dealkylation sites (N-methyl/N-ethyl adjacent to an activating group) is 1. The molecule has 2 aromatic carbocycles. The summed E-state index contributed by atoms with van der Waals surface area (Å²) in [7, 11) is 1.45. The molecule has 0 heterocycles. The average molecular weight is 437 g/mol. The number of nitrogens with zero attached hydrogens (tertiary/aromatic N) is 2. The Balaban J connectivity index is 2.18. The van der Waals surface area contributed by atoms with Crippen molar-refractivity contribution in [3.63, 3.8) is 0 Å². The van der Waals surface area contributed by atoms with Gasteiger partial charge in [0, 0.05) is 17.6 Å². The molecule has 0 atom stereocenters. The highest BCUT2D eigenvalue weighted by Crippen LogP contribution is 2.35. The Morgan fingerprint density at radius 1 is 1.07 bits per heavy atom. The average Bonchev–Trinajstić information content (AvgIpc) is 2.71. The van der Waals surface area contributed by atoms with E-state index in [0.29, 0.717) is 21.4 Å². The molecule has 0 aliphatic heterocycles. The maximum absolute atomic E-state index is 12.6. The van der Waals surface area contributed by atoms with Crippen molar-refractivity contribution in [1.29, 1.82) is 0 Å². The Kier molecular flexibility index (Phi) is 8.49. The van der Waals surface area contributed by atoms with E-state index in [1.807, 2.05) is 30.3 Å². The molecular weight excluding hydrogens is 415 g/mol. The van der Waals surface area contributed by atoms with Gasteiger partial charge in [-0.1, -0.05) is 53.5 Å². The highest BCUT2D eigenvalue weighted by Gasteiger charge is 2.19. The summed E-state index contributed by atoms with van der Waals surface area (Å²) in [4.78, 5) is 24.3. The van der Waals surface area contributed by atoms with E-state index in [1.165, 1.54) is 14.0 Å². The van der Waals surface area contributed by atoms with Crippen LogP contribution >= 0.6 is 23.2 Å². The molecule has 0 saturated carbocycles. The molecule has 0 aromatic heterocycles. The van der Waals surface area contributed by atoms with Crippen LogP contribution in [0.2, 0.25) is 10.0 Å². The van der Waals surface area contributed by atoms with Crippen LogP contribution in [0.3, 0.4) is 0 Å². The number of carbonyl (C=O) groups is 2. The lowest BCUT2D eigenvalue weighted by Crippen LogP contribution is -2.27. The largest absolute Gasteiger partial charge is 0.487 e. The number of esters is 1. The van der Waals surface area contributed by atoms with Gasteiger partial charge >= 0.3 is 5.97 Å². The molecule has 2 rings (SSSR count). The summed E-state index contributed by atoms with van der Waals surface area (Å²) in [5, 5.41) is 5.75. The minimum atomic E-state index is -0.583. The molecule has 0 N–H and O–H groups in total. The highest BCUT2D eigenvalue weighted by atomic mass is 35.5. The Labute approximate surface area is 180 Å². The summed E-state index contributed by atoms with van der Waals surface area (Å²) in [6, 6.07) is 12.8. The SMILES string of the molecule is CCOC(=O)C(C)=NN(C)C(=O)Cc1c(Cl)ccc(Cl)c1OCc1ccccc1. The normalized spacial score (nSPS) is 11.1. The fourth-order valence-electron chi connectivity index (χ4n) is 2.45. The molecule has 0 radical (unpaired) electrons. The Hall–Kier alpha value is -2.57. The molecule has 0 aliphatic carbocycles. The van der Waals surface area contributed by atoms with Crippen LogP contribution in [0, 0.1) is 0 Å². The predicted molar refractivity (Wildman–Crippen MR) is 113 cm³/mol. The van der Waals surface area contributed by atoms with Crippen LogP contribution in [0.5, 0.6) is 5.75 Å². The van der Waals surface area contributed by atoms with E-state index in [0.717, 1.165) is 10.6 Å². The number of ether oxygens (including phenoxy) is 2. The van der Waals surface area contributed by atoms with E-state index >= 15 is 0 Å². The van der Waals surface area contributed by atoms with Gasteiger partial charge in [0.1, 0.15) is 18.1 Å². The van der Waals surface area contributed by atoms with Crippen molar-refractivity contribution in [2.45, 2.75) is 26.9 Å². The van der Waals surface area contributed by atoms with Crippen LogP contribution in [0.1, 0.15) is 25.0 Å². The maximum atomic E-state index is 12.6. The van der Waals surface area contributed by atoms with Crippen LogP contribution in [0.15, 0.2) is 47.6 Å². The topological polar surface area (TPSA) is 68.2 Å². The first kappa shape index (κ1) is 22.7. The zero-order valence-electron chi connectivity index (χ0n) is 16.4. The Morgan fingerprint density at radius 3 is 2.38 bits per heavy atom. The number of hydrogen-bond acceptors (Lipinski definition) is 5. The molecule has 0 aliphatic rings. The van der Waals surface area contributed by atoms with Crippen LogP contribution in [-0.2, 0) is 27.4 Å². The summed E-state index contributed by atoms with van der Waals surface area (Å²) in [6.07, 6.45) is -0.0976. The van der Waals surface area contributed by atoms with Crippen molar-refractivity contribution in [2.24, 2.45) is 5.10 Å². The van der Waals surface area contributed by atoms with Gasteiger partial charge in [-0.15, -0.1) is 0 Å². The van der Waals surface area contributed by atoms with Gasteiger partial charge in [0.2, 0.25) is 5.91 Å². The van der Waals surface area contributed by atoms with Gasteiger partial charge in [0.15, 0.2) is 0 Å². The van der Waals surface area contributed by atoms with Gasteiger partial charge in [-0.3, -0.25) is 4.79 Å². The van der Waals surface area contributed by atoms with Gasteiger partial charge < -0.3 is 9.47 Å². The maximum Gasteiger partial charge on any atom is 0.354 e. The molecule has 29 heavy (non-hydrogen) atoms. The number of hydrogen-bond donors (Lipinski definition) is 0. The van der Waals surface area contributed by atoms with E-state index in [1.54, 1.807) is 19.1 Å². The molecule has 0 saturated heterocycles. The lowest BCUT2D eigenvalue weighted by atomic mass is 10.1. The van der Waals surface area contributed by atoms with Crippen molar-refractivity contribution < 1.29 is 19.1 Å². The van der Waals surface area contributed by atoms with Gasteiger partial charge in [-0.05, 0) is 31.5 Å². The summed E-state index contributed by atoms with van der Waals surface area (Å²) < 4.78 is 10.7. The van der Waals surface area contributed by atoms with Crippen molar-refractivity contribution in [1.82, 2.24) is 5.01 Å². The van der Waals surface area contributed by atoms with Crippen molar-refractivity contribution in [3.05, 3.63) is 63.6 Å². The molecule has 0 spiro atoms. The summed E-state index contributed by atoms with van der Waals surface area (Å²) in [5.74, 6) is -0.627. The number of rotatable bonds is 8. The minimum absolute atomic E-state index is 0.0699. The van der Waals surface area contributed by atoms with Crippen molar-refractivity contribution >= 4 is 40.8 Å². The lowest BCUT2D eigenvalue weighted by molar-refractivity contribution is -0.135. The Morgan fingerprint density at radius 2 is 1.72 bits per heavy atom. The van der Waals surface area contributed by atoms with E-state index in [2.05, 4.69) is 5.10 Å². The van der Waals surface area contributed by atoms with Gasteiger partial charge in [0.25, 0.3) is 0 Å². The van der Waals surface area contributed by atoms with Crippen LogP contribution < -0.4 is 4.74 Å². The third-order valence-corrected chi connectivity index (χ3v) is 4.59. The summed E-state index contributed by atoms with van der Waals surface area (Å²) >= 11 is 12.6. The van der Waals surface area contributed by atoms with Crippen molar-refractivity contribution in [2.75, 3.05) is 13.7 Å². The first-order chi connectivity index (χ1) is 13.8. The van der Waals surface area contributed by atoms with Crippen LogP contribution in [0.4, 0.5) is 0 Å². The van der Waals surface area contributed by atoms with Gasteiger partial charge in [-0.25, -0.2) is 9.80 Å². The first-order valence-electron chi connectivity index (χ1n) is 8.96. The monoisotopic (exact) mass is 436 g/mol. The fourth-order valence-corrected chi connectivity index (χ4v) is 2.90. The third kappa shape index (κ3) is 6.48. The van der Waals surface area contributed by atoms with Crippen LogP contribution in [-0.4, -0.2) is 36.3 Å². The number of benzene rings is 2. The molecule has 6 nitrogen and oxygen atoms in total. The van der Waals surface area contributed by atoms with E-state index in [4.69, 9.17) is 32.7 Å². The van der Waals surface area contributed by atoms with Crippen molar-refractivity contribution in [3.8, 4) is 5.75 Å². The summed E-state index contributed by atoms with van der Waals surface area (Å²) in [5.41, 5.74) is 1.48. The quantitative estimate of drug-likeness (QED) is 0.346. The number of hydrazone groups is 1. The van der Waals surface area contributed by atoms with Gasteiger partial charge in [-0.2, -0.15) is 5.10 Å². The second-order valence-corrected chi connectivity index (χ2v) is 6.93. The van der Waals surface area contributed by atoms with Crippen LogP contribution in [0.25, 0.3) is 0 Å². The molecule has 154 valence electrons. The predicted octanol–water partition coefficient (Wildman–Crippen LogP) is 4.51. The smallest absolute Gasteiger partial charge is 0.354 e. The van der Waals surface area contributed by atoms with E-state index in [-0.39, 0.29) is 31.3 Å². The zero-order valence-corrected chi connectivity index (χ0v) is 18.0. The van der Waals surface area contributed by atoms with Gasteiger partial charge in [0.05, 0.1) is 18.1 Å². The Bertz CT molecular complexity index is 901. The molecule has 0 unspecified atom stereocenters. The third-order valence-electron chi connectivity index (χ3n) is 3.94. The number of carbonyl (C=O) groups excluding carboxylic acids is 2. The standard InChI is InChI=1S/C21H22Cl2N2O4/c1-4-28-21(27)14(2)24-25(3)19(26)12-16-17(22)10-11-18(23)20(16)29-13-15-8-6-5-7-9-15/h5-11H,4,12-13H2,1-3H3.